The monoisotopic (exact) mass is 335 g/mol. The first-order chi connectivity index (χ1) is 11.7. The number of hydrogen-bond donors (Lipinski definition) is 1. The van der Waals surface area contributed by atoms with Crippen LogP contribution in [0.1, 0.15) is 5.56 Å². The summed E-state index contributed by atoms with van der Waals surface area (Å²) < 4.78 is 5.41. The van der Waals surface area contributed by atoms with Crippen molar-refractivity contribution in [2.75, 3.05) is 12.8 Å². The third-order valence-corrected chi connectivity index (χ3v) is 4.04. The maximum atomic E-state index is 9.50. The van der Waals surface area contributed by atoms with E-state index in [0.717, 1.165) is 11.1 Å². The highest BCUT2D eigenvalue weighted by Gasteiger charge is 2.17. The summed E-state index contributed by atoms with van der Waals surface area (Å²) in [6.45, 7) is 0. The largest absolute Gasteiger partial charge is 0.496 e. The minimum atomic E-state index is 0.163. The minimum Gasteiger partial charge on any atom is -0.496 e. The van der Waals surface area contributed by atoms with E-state index in [0.29, 0.717) is 27.6 Å². The zero-order chi connectivity index (χ0) is 17.1. The van der Waals surface area contributed by atoms with Crippen LogP contribution in [0.25, 0.3) is 22.4 Å². The number of halogens is 1. The Kier molecular flexibility index (Phi) is 4.37. The lowest BCUT2D eigenvalue weighted by atomic mass is 9.97. The van der Waals surface area contributed by atoms with Crippen LogP contribution in [-0.4, -0.2) is 12.1 Å². The van der Waals surface area contributed by atoms with E-state index < -0.39 is 0 Å². The predicted molar refractivity (Wildman–Crippen MR) is 95.8 cm³/mol. The summed E-state index contributed by atoms with van der Waals surface area (Å²) in [5.74, 6) is 0.820. The first-order valence-corrected chi connectivity index (χ1v) is 7.62. The van der Waals surface area contributed by atoms with Gasteiger partial charge in [0.05, 0.1) is 12.8 Å². The predicted octanol–water partition coefficient (Wildman–Crippen LogP) is 4.53. The van der Waals surface area contributed by atoms with Crippen LogP contribution in [-0.2, 0) is 0 Å². The second-order valence-electron chi connectivity index (χ2n) is 5.11. The molecule has 3 aromatic rings. The smallest absolute Gasteiger partial charge is 0.142 e. The number of pyridine rings is 1. The molecule has 0 saturated heterocycles. The van der Waals surface area contributed by atoms with Crippen molar-refractivity contribution in [1.29, 1.82) is 5.26 Å². The quantitative estimate of drug-likeness (QED) is 0.763. The van der Waals surface area contributed by atoms with E-state index in [1.54, 1.807) is 13.2 Å². The number of ether oxygens (including phenoxy) is 1. The van der Waals surface area contributed by atoms with Crippen LogP contribution in [0.5, 0.6) is 5.75 Å². The van der Waals surface area contributed by atoms with Crippen LogP contribution in [0.3, 0.4) is 0 Å². The summed E-state index contributed by atoms with van der Waals surface area (Å²) in [5.41, 5.74) is 9.15. The summed E-state index contributed by atoms with van der Waals surface area (Å²) in [6, 6.07) is 18.8. The Morgan fingerprint density at radius 3 is 2.38 bits per heavy atom. The van der Waals surface area contributed by atoms with Crippen molar-refractivity contribution < 1.29 is 4.74 Å². The van der Waals surface area contributed by atoms with Crippen molar-refractivity contribution in [3.8, 4) is 34.2 Å². The molecule has 5 heteroatoms. The topological polar surface area (TPSA) is 71.9 Å². The molecule has 2 aromatic carbocycles. The van der Waals surface area contributed by atoms with Crippen LogP contribution in [0, 0.1) is 11.3 Å². The fourth-order valence-electron chi connectivity index (χ4n) is 2.57. The third-order valence-electron chi connectivity index (χ3n) is 3.71. The van der Waals surface area contributed by atoms with Gasteiger partial charge in [0.2, 0.25) is 0 Å². The van der Waals surface area contributed by atoms with E-state index in [2.05, 4.69) is 11.1 Å². The Balaban J connectivity index is 2.30. The molecule has 4 nitrogen and oxygen atoms in total. The molecule has 0 aliphatic heterocycles. The molecule has 0 aliphatic rings. The molecule has 0 atom stereocenters. The number of nitrogens with zero attached hydrogens (tertiary/aromatic N) is 2. The van der Waals surface area contributed by atoms with Gasteiger partial charge in [-0.05, 0) is 18.2 Å². The lowest BCUT2D eigenvalue weighted by Crippen LogP contribution is -2.00. The number of para-hydroxylation sites is 1. The van der Waals surface area contributed by atoms with Gasteiger partial charge < -0.3 is 10.5 Å². The molecule has 0 spiro atoms. The van der Waals surface area contributed by atoms with E-state index in [1.807, 2.05) is 48.5 Å². The molecule has 0 fully saturated rings. The van der Waals surface area contributed by atoms with E-state index in [-0.39, 0.29) is 5.82 Å². The van der Waals surface area contributed by atoms with E-state index >= 15 is 0 Å². The maximum Gasteiger partial charge on any atom is 0.142 e. The number of aromatic nitrogens is 1. The maximum absolute atomic E-state index is 9.50. The van der Waals surface area contributed by atoms with Gasteiger partial charge in [-0.25, -0.2) is 4.98 Å². The number of nitrogen functional groups attached to an aromatic ring is 1. The molecule has 3 rings (SSSR count). The van der Waals surface area contributed by atoms with Crippen molar-refractivity contribution in [3.05, 3.63) is 65.2 Å². The number of rotatable bonds is 3. The Morgan fingerprint density at radius 1 is 1.04 bits per heavy atom. The van der Waals surface area contributed by atoms with Gasteiger partial charge in [0.15, 0.2) is 0 Å². The van der Waals surface area contributed by atoms with Crippen LogP contribution >= 0.6 is 11.6 Å². The summed E-state index contributed by atoms with van der Waals surface area (Å²) in [4.78, 5) is 4.35. The van der Waals surface area contributed by atoms with Gasteiger partial charge in [0.1, 0.15) is 23.2 Å². The van der Waals surface area contributed by atoms with Gasteiger partial charge in [-0.1, -0.05) is 48.0 Å². The van der Waals surface area contributed by atoms with Crippen molar-refractivity contribution in [1.82, 2.24) is 4.98 Å². The summed E-state index contributed by atoms with van der Waals surface area (Å²) in [6.07, 6.45) is 0. The van der Waals surface area contributed by atoms with E-state index in [1.165, 1.54) is 0 Å². The van der Waals surface area contributed by atoms with Crippen LogP contribution in [0.15, 0.2) is 54.6 Å². The highest BCUT2D eigenvalue weighted by molar-refractivity contribution is 6.33. The molecular formula is C19H14ClN3O. The molecule has 0 amide bonds. The third kappa shape index (κ3) is 2.78. The molecule has 24 heavy (non-hydrogen) atoms. The number of hydrogen-bond acceptors (Lipinski definition) is 4. The molecule has 0 bridgehead atoms. The van der Waals surface area contributed by atoms with Gasteiger partial charge in [0.25, 0.3) is 0 Å². The number of benzene rings is 2. The fourth-order valence-corrected chi connectivity index (χ4v) is 2.80. The minimum absolute atomic E-state index is 0.163. The van der Waals surface area contributed by atoms with Crippen LogP contribution in [0.2, 0.25) is 5.02 Å². The zero-order valence-corrected chi connectivity index (χ0v) is 13.7. The Hall–Kier alpha value is -3.03. The molecule has 1 aromatic heterocycles. The SMILES string of the molecule is COc1ccccc1-c1cc(-c2ccccc2Cl)nc(N)c1C#N. The van der Waals surface area contributed by atoms with Crippen LogP contribution < -0.4 is 10.5 Å². The molecule has 0 aliphatic carbocycles. The molecular weight excluding hydrogens is 322 g/mol. The van der Waals surface area contributed by atoms with Gasteiger partial charge in [-0.15, -0.1) is 0 Å². The second kappa shape index (κ2) is 6.61. The molecule has 0 radical (unpaired) electrons. The highest BCUT2D eigenvalue weighted by atomic mass is 35.5. The number of nitrogens with two attached hydrogens (primary N) is 1. The second-order valence-corrected chi connectivity index (χ2v) is 5.51. The summed E-state index contributed by atoms with van der Waals surface area (Å²) >= 11 is 6.27. The van der Waals surface area contributed by atoms with Crippen LogP contribution in [0.4, 0.5) is 5.82 Å². The van der Waals surface area contributed by atoms with Gasteiger partial charge in [-0.3, -0.25) is 0 Å². The molecule has 1 heterocycles. The summed E-state index contributed by atoms with van der Waals surface area (Å²) in [7, 11) is 1.59. The van der Waals surface area contributed by atoms with Crippen molar-refractivity contribution >= 4 is 17.4 Å². The van der Waals surface area contributed by atoms with Gasteiger partial charge >= 0.3 is 0 Å². The fraction of sp³-hybridized carbons (Fsp3) is 0.0526. The van der Waals surface area contributed by atoms with Gasteiger partial charge in [-0.2, -0.15) is 5.26 Å². The lowest BCUT2D eigenvalue weighted by molar-refractivity contribution is 0.416. The average Bonchev–Trinajstić information content (AvgIpc) is 2.61. The Morgan fingerprint density at radius 2 is 1.71 bits per heavy atom. The normalized spacial score (nSPS) is 10.2. The molecule has 118 valence electrons. The van der Waals surface area contributed by atoms with E-state index in [4.69, 9.17) is 22.1 Å². The zero-order valence-electron chi connectivity index (χ0n) is 13.0. The Bertz CT molecular complexity index is 948. The first-order valence-electron chi connectivity index (χ1n) is 7.24. The number of methoxy groups -OCH3 is 1. The van der Waals surface area contributed by atoms with Gasteiger partial charge in [0, 0.05) is 21.7 Å². The van der Waals surface area contributed by atoms with Crippen molar-refractivity contribution in [2.24, 2.45) is 0 Å². The van der Waals surface area contributed by atoms with E-state index in [9.17, 15) is 5.26 Å². The average molecular weight is 336 g/mol. The Labute approximate surface area is 145 Å². The first kappa shape index (κ1) is 15.9. The lowest BCUT2D eigenvalue weighted by Gasteiger charge is -2.13. The standard InChI is InChI=1S/C19H14ClN3O/c1-24-18-9-5-3-6-12(18)14-10-17(23-19(22)15(14)11-21)13-7-2-4-8-16(13)20/h2-10H,1H3,(H2,22,23). The van der Waals surface area contributed by atoms with Crippen molar-refractivity contribution in [3.63, 3.8) is 0 Å². The molecule has 2 N–H and O–H groups in total. The molecule has 0 unspecified atom stereocenters. The molecule has 0 saturated carbocycles. The summed E-state index contributed by atoms with van der Waals surface area (Å²) in [5, 5.41) is 10.1. The number of nitriles is 1. The number of anilines is 1. The van der Waals surface area contributed by atoms with Crippen molar-refractivity contribution in [2.45, 2.75) is 0 Å². The highest BCUT2D eigenvalue weighted by Crippen LogP contribution is 2.37.